The number of hydrogen-bond acceptors (Lipinski definition) is 5. The number of carbonyl (C=O) groups is 1. The van der Waals surface area contributed by atoms with Crippen LogP contribution in [0.15, 0.2) is 62.9 Å². The SMILES string of the molecule is CC(=O)CC(c1ccccc1)c1c(O)c2cccc(N=[N+]=[N-])c2oc1=O. The molecule has 0 bridgehead atoms. The third-order valence-electron chi connectivity index (χ3n) is 4.11. The molecule has 1 N–H and O–H groups in total. The molecule has 7 heteroatoms. The fourth-order valence-electron chi connectivity index (χ4n) is 3.00. The number of aromatic hydroxyl groups is 1. The minimum absolute atomic E-state index is 0.00573. The Morgan fingerprint density at radius 3 is 2.62 bits per heavy atom. The molecular weight excluding hydrogens is 334 g/mol. The van der Waals surface area contributed by atoms with E-state index in [2.05, 4.69) is 10.0 Å². The van der Waals surface area contributed by atoms with E-state index in [1.807, 2.05) is 6.07 Å². The van der Waals surface area contributed by atoms with Gasteiger partial charge in [-0.1, -0.05) is 41.5 Å². The number of benzene rings is 2. The van der Waals surface area contributed by atoms with Crippen LogP contribution in [0.1, 0.15) is 30.4 Å². The summed E-state index contributed by atoms with van der Waals surface area (Å²) in [6, 6.07) is 13.6. The number of rotatable bonds is 5. The Morgan fingerprint density at radius 1 is 1.23 bits per heavy atom. The first-order valence-corrected chi connectivity index (χ1v) is 7.91. The molecule has 2 aromatic carbocycles. The molecule has 7 nitrogen and oxygen atoms in total. The molecule has 1 atom stereocenters. The molecule has 1 aromatic heterocycles. The van der Waals surface area contributed by atoms with Crippen molar-refractivity contribution in [3.63, 3.8) is 0 Å². The normalized spacial score (nSPS) is 11.7. The average molecular weight is 349 g/mol. The predicted molar refractivity (Wildman–Crippen MR) is 96.5 cm³/mol. The predicted octanol–water partition coefficient (Wildman–Crippen LogP) is 4.55. The number of para-hydroxylation sites is 1. The fourth-order valence-corrected chi connectivity index (χ4v) is 3.00. The standard InChI is InChI=1S/C19H15N3O4/c1-11(23)10-14(12-6-3-2-4-7-12)16-17(24)13-8-5-9-15(21-22-20)18(13)26-19(16)25/h2-9,14,24H,10H2,1H3. The van der Waals surface area contributed by atoms with E-state index < -0.39 is 11.5 Å². The summed E-state index contributed by atoms with van der Waals surface area (Å²) >= 11 is 0. The smallest absolute Gasteiger partial charge is 0.343 e. The number of hydrogen-bond donors (Lipinski definition) is 1. The maximum absolute atomic E-state index is 12.6. The van der Waals surface area contributed by atoms with Gasteiger partial charge in [0.2, 0.25) is 0 Å². The van der Waals surface area contributed by atoms with Crippen LogP contribution in [0.5, 0.6) is 5.75 Å². The summed E-state index contributed by atoms with van der Waals surface area (Å²) in [5.74, 6) is -1.04. The zero-order chi connectivity index (χ0) is 18.7. The van der Waals surface area contributed by atoms with Crippen LogP contribution in [0.3, 0.4) is 0 Å². The summed E-state index contributed by atoms with van der Waals surface area (Å²) in [5, 5.41) is 14.5. The number of fused-ring (bicyclic) bond motifs is 1. The van der Waals surface area contributed by atoms with Gasteiger partial charge in [-0.3, -0.25) is 4.79 Å². The van der Waals surface area contributed by atoms with E-state index in [-0.39, 0.29) is 40.2 Å². The number of carbonyl (C=O) groups excluding carboxylic acids is 1. The molecule has 0 saturated heterocycles. The van der Waals surface area contributed by atoms with Crippen LogP contribution < -0.4 is 5.63 Å². The van der Waals surface area contributed by atoms with Crippen LogP contribution >= 0.6 is 0 Å². The first-order chi connectivity index (χ1) is 12.5. The third-order valence-corrected chi connectivity index (χ3v) is 4.11. The highest BCUT2D eigenvalue weighted by molar-refractivity contribution is 5.92. The third kappa shape index (κ3) is 3.16. The molecule has 0 aliphatic heterocycles. The summed E-state index contributed by atoms with van der Waals surface area (Å²) in [5.41, 5.74) is 8.71. The molecule has 1 heterocycles. The number of Topliss-reactive ketones (excluding diaryl/α,β-unsaturated/α-hetero) is 1. The molecule has 26 heavy (non-hydrogen) atoms. The van der Waals surface area contributed by atoms with Gasteiger partial charge in [0.05, 0.1) is 16.6 Å². The Hall–Kier alpha value is -3.57. The molecule has 0 aliphatic rings. The van der Waals surface area contributed by atoms with E-state index in [0.29, 0.717) is 0 Å². The average Bonchev–Trinajstić information content (AvgIpc) is 2.62. The lowest BCUT2D eigenvalue weighted by Gasteiger charge is -2.17. The van der Waals surface area contributed by atoms with Gasteiger partial charge in [-0.15, -0.1) is 0 Å². The van der Waals surface area contributed by atoms with Crippen molar-refractivity contribution in [2.45, 2.75) is 19.3 Å². The molecule has 130 valence electrons. The topological polar surface area (TPSA) is 116 Å². The Kier molecular flexibility index (Phi) is 4.73. The van der Waals surface area contributed by atoms with E-state index in [1.54, 1.807) is 36.4 Å². The van der Waals surface area contributed by atoms with Crippen LogP contribution in [0.25, 0.3) is 21.4 Å². The van der Waals surface area contributed by atoms with Crippen LogP contribution in [0, 0.1) is 0 Å². The molecule has 3 rings (SSSR count). The minimum Gasteiger partial charge on any atom is -0.507 e. The largest absolute Gasteiger partial charge is 0.507 e. The quantitative estimate of drug-likeness (QED) is 0.315. The molecule has 1 unspecified atom stereocenters. The van der Waals surface area contributed by atoms with Gasteiger partial charge in [0.1, 0.15) is 11.5 Å². The molecule has 0 aliphatic carbocycles. The lowest BCUT2D eigenvalue weighted by molar-refractivity contribution is -0.117. The van der Waals surface area contributed by atoms with Gasteiger partial charge in [0, 0.05) is 17.3 Å². The van der Waals surface area contributed by atoms with Crippen molar-refractivity contribution in [2.75, 3.05) is 0 Å². The maximum Gasteiger partial charge on any atom is 0.343 e. The molecule has 3 aromatic rings. The van der Waals surface area contributed by atoms with E-state index in [4.69, 9.17) is 9.95 Å². The molecular formula is C19H15N3O4. The lowest BCUT2D eigenvalue weighted by Crippen LogP contribution is -2.16. The Balaban J connectivity index is 2.30. The Morgan fingerprint density at radius 2 is 1.96 bits per heavy atom. The van der Waals surface area contributed by atoms with Gasteiger partial charge < -0.3 is 9.52 Å². The lowest BCUT2D eigenvalue weighted by atomic mass is 9.87. The Bertz CT molecular complexity index is 1080. The van der Waals surface area contributed by atoms with Gasteiger partial charge in [0.25, 0.3) is 0 Å². The van der Waals surface area contributed by atoms with Crippen molar-refractivity contribution in [3.8, 4) is 5.75 Å². The second-order valence-corrected chi connectivity index (χ2v) is 5.86. The van der Waals surface area contributed by atoms with E-state index in [0.717, 1.165) is 5.56 Å². The highest BCUT2D eigenvalue weighted by Gasteiger charge is 2.26. The Labute approximate surface area is 148 Å². The second-order valence-electron chi connectivity index (χ2n) is 5.86. The van der Waals surface area contributed by atoms with Gasteiger partial charge in [-0.25, -0.2) is 4.79 Å². The van der Waals surface area contributed by atoms with Crippen molar-refractivity contribution < 1.29 is 14.3 Å². The fraction of sp³-hybridized carbons (Fsp3) is 0.158. The molecule has 0 spiro atoms. The minimum atomic E-state index is -0.773. The van der Waals surface area contributed by atoms with Gasteiger partial charge in [-0.05, 0) is 30.2 Å². The maximum atomic E-state index is 12.6. The van der Waals surface area contributed by atoms with Gasteiger partial charge in [0.15, 0.2) is 5.58 Å². The van der Waals surface area contributed by atoms with E-state index in [9.17, 15) is 14.7 Å². The van der Waals surface area contributed by atoms with E-state index >= 15 is 0 Å². The van der Waals surface area contributed by atoms with Crippen LogP contribution in [-0.4, -0.2) is 10.9 Å². The summed E-state index contributed by atoms with van der Waals surface area (Å²) in [6.07, 6.45) is 0.0455. The summed E-state index contributed by atoms with van der Waals surface area (Å²) in [4.78, 5) is 27.1. The van der Waals surface area contributed by atoms with Crippen molar-refractivity contribution in [1.29, 1.82) is 0 Å². The monoisotopic (exact) mass is 349 g/mol. The summed E-state index contributed by atoms with van der Waals surface area (Å²) in [6.45, 7) is 1.43. The van der Waals surface area contributed by atoms with Crippen molar-refractivity contribution in [1.82, 2.24) is 0 Å². The van der Waals surface area contributed by atoms with Gasteiger partial charge >= 0.3 is 5.63 Å². The van der Waals surface area contributed by atoms with Crippen molar-refractivity contribution >= 4 is 22.4 Å². The van der Waals surface area contributed by atoms with Crippen LogP contribution in [0.2, 0.25) is 0 Å². The van der Waals surface area contributed by atoms with E-state index in [1.165, 1.54) is 13.0 Å². The summed E-state index contributed by atoms with van der Waals surface area (Å²) < 4.78 is 5.35. The van der Waals surface area contributed by atoms with Crippen LogP contribution in [0.4, 0.5) is 5.69 Å². The van der Waals surface area contributed by atoms with Crippen molar-refractivity contribution in [3.05, 3.63) is 80.5 Å². The molecule has 0 radical (unpaired) electrons. The number of ketones is 1. The first-order valence-electron chi connectivity index (χ1n) is 7.91. The zero-order valence-corrected chi connectivity index (χ0v) is 13.9. The molecule has 0 fully saturated rings. The van der Waals surface area contributed by atoms with Crippen molar-refractivity contribution in [2.24, 2.45) is 5.11 Å². The summed E-state index contributed by atoms with van der Waals surface area (Å²) in [7, 11) is 0. The van der Waals surface area contributed by atoms with Gasteiger partial charge in [-0.2, -0.15) is 0 Å². The highest BCUT2D eigenvalue weighted by Crippen LogP contribution is 2.38. The molecule has 0 saturated carbocycles. The number of azide groups is 1. The second kappa shape index (κ2) is 7.13. The first kappa shape index (κ1) is 17.3. The number of nitrogens with zero attached hydrogens (tertiary/aromatic N) is 3. The zero-order valence-electron chi connectivity index (χ0n) is 13.9. The highest BCUT2D eigenvalue weighted by atomic mass is 16.4. The molecule has 0 amide bonds. The van der Waals surface area contributed by atoms with Crippen LogP contribution in [-0.2, 0) is 4.79 Å².